The fourth-order valence-electron chi connectivity index (χ4n) is 3.39. The Kier molecular flexibility index (Phi) is 5.95. The number of nitriles is 1. The van der Waals surface area contributed by atoms with E-state index in [-0.39, 0.29) is 26.8 Å². The summed E-state index contributed by atoms with van der Waals surface area (Å²) in [4.78, 5) is 9.21. The first-order chi connectivity index (χ1) is 14.7. The second kappa shape index (κ2) is 8.81. The summed E-state index contributed by atoms with van der Waals surface area (Å²) in [5, 5.41) is 20.7. The van der Waals surface area contributed by atoms with E-state index in [0.717, 1.165) is 32.0 Å². The number of nitrogens with zero attached hydrogens (tertiary/aromatic N) is 3. The molecule has 31 heavy (non-hydrogen) atoms. The number of phenols is 1. The Balaban J connectivity index is 0.00000231. The van der Waals surface area contributed by atoms with Crippen molar-refractivity contribution in [2.24, 2.45) is 0 Å². The van der Waals surface area contributed by atoms with E-state index in [1.165, 1.54) is 11.3 Å². The first-order valence-electron chi connectivity index (χ1n) is 9.31. The molecule has 1 N–H and O–H groups in total. The largest absolute Gasteiger partial charge is 0.507 e. The van der Waals surface area contributed by atoms with Gasteiger partial charge in [0.2, 0.25) is 0 Å². The Morgan fingerprint density at radius 2 is 1.71 bits per heavy atom. The van der Waals surface area contributed by atoms with E-state index in [2.05, 4.69) is 17.1 Å². The number of para-hydroxylation sites is 2. The van der Waals surface area contributed by atoms with Crippen molar-refractivity contribution in [3.63, 3.8) is 0 Å². The van der Waals surface area contributed by atoms with E-state index in [9.17, 15) is 10.4 Å². The first kappa shape index (κ1) is 20.9. The van der Waals surface area contributed by atoms with E-state index in [1.54, 1.807) is 24.4 Å². The summed E-state index contributed by atoms with van der Waals surface area (Å²) in [6.45, 7) is 0. The SMILES string of the molecule is N#Cc1ccc(-c2ccccn2)[c-]c1-c1cccc2sc(-c3ccccc3O)nc12.[Pt]. The van der Waals surface area contributed by atoms with Gasteiger partial charge in [-0.15, -0.1) is 29.5 Å². The van der Waals surface area contributed by atoms with Crippen molar-refractivity contribution in [1.29, 1.82) is 5.26 Å². The van der Waals surface area contributed by atoms with Crippen LogP contribution >= 0.6 is 11.3 Å². The summed E-state index contributed by atoms with van der Waals surface area (Å²) >= 11 is 1.51. The number of hydrogen-bond donors (Lipinski definition) is 1. The number of phenolic OH excluding ortho intramolecular Hbond substituents is 1. The van der Waals surface area contributed by atoms with Gasteiger partial charge >= 0.3 is 0 Å². The van der Waals surface area contributed by atoms with Crippen LogP contribution in [0.3, 0.4) is 0 Å². The number of pyridine rings is 1. The van der Waals surface area contributed by atoms with Gasteiger partial charge in [-0.1, -0.05) is 53.1 Å². The van der Waals surface area contributed by atoms with Crippen LogP contribution in [0.25, 0.3) is 43.2 Å². The molecule has 0 aliphatic rings. The monoisotopic (exact) mass is 599 g/mol. The van der Waals surface area contributed by atoms with E-state index in [1.807, 2.05) is 54.6 Å². The summed E-state index contributed by atoms with van der Waals surface area (Å²) in [6, 6.07) is 28.1. The van der Waals surface area contributed by atoms with Gasteiger partial charge in [0.1, 0.15) is 10.8 Å². The molecular weight excluding hydrogens is 585 g/mol. The molecule has 0 unspecified atom stereocenters. The summed E-state index contributed by atoms with van der Waals surface area (Å²) < 4.78 is 0.978. The third-order valence-corrected chi connectivity index (χ3v) is 5.88. The minimum absolute atomic E-state index is 0. The number of aromatic nitrogens is 2. The molecule has 0 bridgehead atoms. The van der Waals surface area contributed by atoms with Crippen LogP contribution in [0.1, 0.15) is 5.56 Å². The molecule has 0 saturated heterocycles. The van der Waals surface area contributed by atoms with Crippen LogP contribution in [-0.2, 0) is 21.1 Å². The summed E-state index contributed by atoms with van der Waals surface area (Å²) in [7, 11) is 0. The van der Waals surface area contributed by atoms with Crippen molar-refractivity contribution in [1.82, 2.24) is 9.97 Å². The smallest absolute Gasteiger partial charge is 0.127 e. The molecule has 5 aromatic rings. The summed E-state index contributed by atoms with van der Waals surface area (Å²) in [5.41, 5.74) is 5.14. The zero-order valence-electron chi connectivity index (χ0n) is 16.0. The minimum atomic E-state index is 0. The average molecular weight is 600 g/mol. The number of rotatable bonds is 3. The van der Waals surface area contributed by atoms with E-state index >= 15 is 0 Å². The molecule has 3 aromatic carbocycles. The van der Waals surface area contributed by atoms with Crippen molar-refractivity contribution >= 4 is 21.6 Å². The molecule has 2 heterocycles. The average Bonchev–Trinajstić information content (AvgIpc) is 3.24. The number of aromatic hydroxyl groups is 1. The topological polar surface area (TPSA) is 69.8 Å². The van der Waals surface area contributed by atoms with Crippen LogP contribution < -0.4 is 0 Å². The van der Waals surface area contributed by atoms with Crippen molar-refractivity contribution < 1.29 is 26.2 Å². The quantitative estimate of drug-likeness (QED) is 0.256. The predicted molar refractivity (Wildman–Crippen MR) is 119 cm³/mol. The Morgan fingerprint density at radius 1 is 0.903 bits per heavy atom. The predicted octanol–water partition coefficient (Wildman–Crippen LogP) is 6.07. The normalized spacial score (nSPS) is 10.4. The molecule has 5 rings (SSSR count). The van der Waals surface area contributed by atoms with Gasteiger partial charge in [-0.3, -0.25) is 4.98 Å². The summed E-state index contributed by atoms with van der Waals surface area (Å²) in [5.74, 6) is 0.194. The first-order valence-corrected chi connectivity index (χ1v) is 10.1. The van der Waals surface area contributed by atoms with Gasteiger partial charge < -0.3 is 5.11 Å². The number of fused-ring (bicyclic) bond motifs is 1. The fraction of sp³-hybridized carbons (Fsp3) is 0. The zero-order chi connectivity index (χ0) is 20.5. The van der Waals surface area contributed by atoms with Gasteiger partial charge in [0.15, 0.2) is 0 Å². The molecule has 2 aromatic heterocycles. The van der Waals surface area contributed by atoms with Crippen molar-refractivity contribution in [3.8, 4) is 44.8 Å². The number of hydrogen-bond acceptors (Lipinski definition) is 5. The standard InChI is InChI=1S/C25H14N3OS.Pt/c26-15-17-12-11-16(21-8-3-4-13-27-21)14-20(17)18-7-5-10-23-24(18)28-25(30-23)19-6-1-2-9-22(19)29;/h1-13,29H;/q-1;. The molecule has 0 aliphatic heterocycles. The Morgan fingerprint density at radius 3 is 2.48 bits per heavy atom. The maximum Gasteiger partial charge on any atom is 0.127 e. The number of benzene rings is 3. The van der Waals surface area contributed by atoms with E-state index in [4.69, 9.17) is 4.98 Å². The van der Waals surface area contributed by atoms with E-state index < -0.39 is 0 Å². The van der Waals surface area contributed by atoms with Crippen LogP contribution in [0.15, 0.2) is 79.0 Å². The maximum atomic E-state index is 10.2. The van der Waals surface area contributed by atoms with Crippen LogP contribution in [0.2, 0.25) is 0 Å². The van der Waals surface area contributed by atoms with Gasteiger partial charge in [-0.2, -0.15) is 0 Å². The molecular formula is C25H14N3OPtS-. The molecule has 0 radical (unpaired) electrons. The Hall–Kier alpha value is -3.32. The van der Waals surface area contributed by atoms with Crippen LogP contribution in [0.4, 0.5) is 0 Å². The molecule has 152 valence electrons. The van der Waals surface area contributed by atoms with Gasteiger partial charge in [-0.25, -0.2) is 10.2 Å². The second-order valence-electron chi connectivity index (χ2n) is 6.68. The molecule has 0 atom stereocenters. The maximum absolute atomic E-state index is 10.2. The fourth-order valence-corrected chi connectivity index (χ4v) is 4.42. The molecule has 4 nitrogen and oxygen atoms in total. The molecule has 0 aliphatic carbocycles. The van der Waals surface area contributed by atoms with Crippen LogP contribution in [0, 0.1) is 17.4 Å². The van der Waals surface area contributed by atoms with Gasteiger partial charge in [-0.05, 0) is 29.8 Å². The molecule has 0 spiro atoms. The molecule has 0 fully saturated rings. The van der Waals surface area contributed by atoms with Crippen molar-refractivity contribution in [3.05, 3.63) is 90.6 Å². The zero-order valence-corrected chi connectivity index (χ0v) is 19.1. The van der Waals surface area contributed by atoms with Gasteiger partial charge in [0.25, 0.3) is 0 Å². The molecule has 6 heteroatoms. The molecule has 0 saturated carbocycles. The van der Waals surface area contributed by atoms with Gasteiger partial charge in [0, 0.05) is 37.7 Å². The van der Waals surface area contributed by atoms with Gasteiger partial charge in [0.05, 0.1) is 17.1 Å². The second-order valence-corrected chi connectivity index (χ2v) is 7.71. The third-order valence-electron chi connectivity index (χ3n) is 4.83. The Bertz CT molecular complexity index is 1420. The van der Waals surface area contributed by atoms with Crippen molar-refractivity contribution in [2.75, 3.05) is 0 Å². The van der Waals surface area contributed by atoms with Crippen molar-refractivity contribution in [2.45, 2.75) is 0 Å². The van der Waals surface area contributed by atoms with Crippen LogP contribution in [0.5, 0.6) is 5.75 Å². The number of thiazole rings is 1. The third kappa shape index (κ3) is 3.88. The minimum Gasteiger partial charge on any atom is -0.507 e. The summed E-state index contributed by atoms with van der Waals surface area (Å²) in [6.07, 6.45) is 1.74. The molecule has 0 amide bonds. The Labute approximate surface area is 197 Å². The van der Waals surface area contributed by atoms with Crippen LogP contribution in [-0.4, -0.2) is 15.1 Å². The van der Waals surface area contributed by atoms with E-state index in [0.29, 0.717) is 16.7 Å².